The number of anilines is 1. The van der Waals surface area contributed by atoms with Crippen LogP contribution in [-0.4, -0.2) is 33.2 Å². The number of ether oxygens (including phenoxy) is 1. The maximum absolute atomic E-state index is 12.5. The van der Waals surface area contributed by atoms with Gasteiger partial charge in [0.15, 0.2) is 5.54 Å². The zero-order valence-corrected chi connectivity index (χ0v) is 24.9. The molecule has 0 aliphatic carbocycles. The highest BCUT2D eigenvalue weighted by molar-refractivity contribution is 6.01. The molecule has 8 heteroatoms. The number of hydrogen-bond acceptors (Lipinski definition) is 4. The lowest BCUT2D eigenvalue weighted by molar-refractivity contribution is -0.588. The summed E-state index contributed by atoms with van der Waals surface area (Å²) in [5.41, 5.74) is 4.97. The number of halogens is 1. The summed E-state index contributed by atoms with van der Waals surface area (Å²) in [4.78, 5) is 28.1. The van der Waals surface area contributed by atoms with Crippen molar-refractivity contribution in [1.82, 2.24) is 0 Å². The Kier molecular flexibility index (Phi) is 6.73. The third-order valence-corrected chi connectivity index (χ3v) is 8.47. The van der Waals surface area contributed by atoms with E-state index < -0.39 is 11.9 Å². The summed E-state index contributed by atoms with van der Waals surface area (Å²) in [6, 6.07) is 12.4. The third kappa shape index (κ3) is 4.86. The molecule has 3 aromatic carbocycles. The van der Waals surface area contributed by atoms with E-state index in [4.69, 9.17) is 4.74 Å². The van der Waals surface area contributed by atoms with Crippen LogP contribution >= 0.6 is 0 Å². The van der Waals surface area contributed by atoms with Gasteiger partial charge in [0.25, 0.3) is 0 Å². The van der Waals surface area contributed by atoms with Gasteiger partial charge in [0.1, 0.15) is 11.5 Å². The van der Waals surface area contributed by atoms with E-state index >= 15 is 0 Å². The lowest BCUT2D eigenvalue weighted by Gasteiger charge is -2.38. The van der Waals surface area contributed by atoms with Crippen molar-refractivity contribution >= 4 is 23.2 Å². The standard InChI is InChI=1S/C33H34N2O5.ClH/c1-16-14-32(3,4)34-25-12-27-23(10-20(16)25)29(22-9-18(30(36)37)7-8-19(22)31(38)39)24-11-21-17(2)15-33(5,6)35-26(21)13-28(24)40-27;/h7-13,16-17,34H,14-15H2,1-6H3,(H,36,37)(H,38,39);1H. The number of carboxylic acids is 2. The van der Waals surface area contributed by atoms with Crippen molar-refractivity contribution in [3.63, 3.8) is 0 Å². The van der Waals surface area contributed by atoms with Crippen molar-refractivity contribution in [2.24, 2.45) is 0 Å². The van der Waals surface area contributed by atoms with Gasteiger partial charge in [-0.3, -0.25) is 0 Å². The number of fused-ring (bicyclic) bond motifs is 4. The van der Waals surface area contributed by atoms with Crippen LogP contribution in [0.3, 0.4) is 0 Å². The van der Waals surface area contributed by atoms with E-state index in [0.717, 1.165) is 45.8 Å². The Hall–Kier alpha value is -3.84. The van der Waals surface area contributed by atoms with Crippen molar-refractivity contribution in [1.29, 1.82) is 0 Å². The van der Waals surface area contributed by atoms with E-state index in [0.29, 0.717) is 22.6 Å². The van der Waals surface area contributed by atoms with Crippen LogP contribution < -0.4 is 38.0 Å². The largest absolute Gasteiger partial charge is 1.00 e. The molecular formula is C33H35ClN2O5. The molecule has 0 radical (unpaired) electrons. The average molecular weight is 575 g/mol. The van der Waals surface area contributed by atoms with Gasteiger partial charge in [-0.05, 0) is 87.4 Å². The van der Waals surface area contributed by atoms with Crippen molar-refractivity contribution in [3.05, 3.63) is 86.4 Å². The van der Waals surface area contributed by atoms with E-state index in [2.05, 4.69) is 64.0 Å². The van der Waals surface area contributed by atoms with E-state index in [1.807, 2.05) is 12.1 Å². The quantitative estimate of drug-likeness (QED) is 0.292. The summed E-state index contributed by atoms with van der Waals surface area (Å²) in [5, 5.41) is 25.4. The fourth-order valence-corrected chi connectivity index (χ4v) is 6.99. The SMILES string of the molecule is CC1CC(C)(C)Nc2cc3c(cc21)C(c1cc(C(=O)O)ccc1C(=O)O)=c1cc2c(cc1O3)=[NH+]C(C)(C)CC2C.[Cl-]. The summed E-state index contributed by atoms with van der Waals surface area (Å²) in [6.45, 7) is 13.1. The Morgan fingerprint density at radius 2 is 1.59 bits per heavy atom. The zero-order chi connectivity index (χ0) is 28.7. The van der Waals surface area contributed by atoms with Crippen LogP contribution in [0.25, 0.3) is 5.57 Å². The normalized spacial score (nSPS) is 20.9. The van der Waals surface area contributed by atoms with Gasteiger partial charge in [-0.25, -0.2) is 14.6 Å². The highest BCUT2D eigenvalue weighted by atomic mass is 35.5. The van der Waals surface area contributed by atoms with Gasteiger partial charge < -0.3 is 32.7 Å². The fourth-order valence-electron chi connectivity index (χ4n) is 6.99. The number of aromatic carboxylic acids is 2. The number of carboxylic acid groups (broad SMARTS) is 2. The van der Waals surface area contributed by atoms with Gasteiger partial charge in [0, 0.05) is 45.6 Å². The van der Waals surface area contributed by atoms with Crippen molar-refractivity contribution in [3.8, 4) is 11.5 Å². The molecule has 0 aromatic heterocycles. The molecule has 3 aliphatic heterocycles. The van der Waals surface area contributed by atoms with Gasteiger partial charge in [-0.1, -0.05) is 13.8 Å². The first-order valence-electron chi connectivity index (χ1n) is 13.8. The predicted octanol–water partition coefficient (Wildman–Crippen LogP) is 1.12. The van der Waals surface area contributed by atoms with Crippen LogP contribution in [0, 0.1) is 0 Å². The molecule has 214 valence electrons. The first-order chi connectivity index (χ1) is 18.7. The minimum Gasteiger partial charge on any atom is -1.00 e. The van der Waals surface area contributed by atoms with Crippen LogP contribution in [0.1, 0.15) is 109 Å². The Balaban J connectivity index is 0.00000337. The second kappa shape index (κ2) is 9.62. The van der Waals surface area contributed by atoms with Gasteiger partial charge in [-0.15, -0.1) is 0 Å². The Labute approximate surface area is 245 Å². The minimum atomic E-state index is -1.11. The number of carbonyl (C=O) groups is 2. The molecule has 3 aromatic rings. The molecule has 3 heterocycles. The fraction of sp³-hybridized carbons (Fsp3) is 0.364. The van der Waals surface area contributed by atoms with E-state index in [1.54, 1.807) is 0 Å². The first kappa shape index (κ1) is 28.7. The van der Waals surface area contributed by atoms with Crippen LogP contribution in [0.5, 0.6) is 11.5 Å². The molecule has 4 N–H and O–H groups in total. The molecule has 0 saturated heterocycles. The van der Waals surface area contributed by atoms with E-state index in [9.17, 15) is 19.8 Å². The molecule has 3 aliphatic rings. The summed E-state index contributed by atoms with van der Waals surface area (Å²) < 4.78 is 6.58. The third-order valence-electron chi connectivity index (χ3n) is 8.47. The second-order valence-electron chi connectivity index (χ2n) is 12.9. The van der Waals surface area contributed by atoms with Gasteiger partial charge in [0.2, 0.25) is 5.36 Å². The van der Waals surface area contributed by atoms with E-state index in [-0.39, 0.29) is 46.4 Å². The molecule has 0 amide bonds. The topological polar surface area (TPSA) is 110 Å². The van der Waals surface area contributed by atoms with Gasteiger partial charge >= 0.3 is 11.9 Å². The minimum absolute atomic E-state index is 0. The second-order valence-corrected chi connectivity index (χ2v) is 12.9. The number of rotatable bonds is 3. The molecule has 0 fully saturated rings. The Morgan fingerprint density at radius 1 is 0.878 bits per heavy atom. The van der Waals surface area contributed by atoms with Gasteiger partial charge in [0.05, 0.1) is 17.2 Å². The lowest BCUT2D eigenvalue weighted by atomic mass is 9.79. The number of hydrogen-bond donors (Lipinski definition) is 4. The van der Waals surface area contributed by atoms with Crippen molar-refractivity contribution in [2.75, 3.05) is 5.32 Å². The number of benzene rings is 3. The molecule has 7 nitrogen and oxygen atoms in total. The summed E-state index contributed by atoms with van der Waals surface area (Å²) >= 11 is 0. The van der Waals surface area contributed by atoms with Crippen molar-refractivity contribution in [2.45, 2.75) is 77.3 Å². The molecule has 41 heavy (non-hydrogen) atoms. The molecule has 6 rings (SSSR count). The summed E-state index contributed by atoms with van der Waals surface area (Å²) in [7, 11) is 0. The lowest BCUT2D eigenvalue weighted by Crippen LogP contribution is -3.00. The first-order valence-corrected chi connectivity index (χ1v) is 13.8. The van der Waals surface area contributed by atoms with Crippen LogP contribution in [0.2, 0.25) is 0 Å². The maximum Gasteiger partial charge on any atom is 0.336 e. The molecular weight excluding hydrogens is 540 g/mol. The molecule has 0 spiro atoms. The Morgan fingerprint density at radius 3 is 2.27 bits per heavy atom. The van der Waals surface area contributed by atoms with Crippen LogP contribution in [0.4, 0.5) is 5.69 Å². The molecule has 2 unspecified atom stereocenters. The maximum atomic E-state index is 12.5. The van der Waals surface area contributed by atoms with Crippen LogP contribution in [0.15, 0.2) is 42.5 Å². The van der Waals surface area contributed by atoms with E-state index in [1.165, 1.54) is 18.2 Å². The molecule has 0 saturated carbocycles. The molecule has 2 atom stereocenters. The van der Waals surface area contributed by atoms with Crippen LogP contribution in [-0.2, 0) is 0 Å². The predicted molar refractivity (Wildman–Crippen MR) is 152 cm³/mol. The van der Waals surface area contributed by atoms with Gasteiger partial charge in [-0.2, -0.15) is 0 Å². The smallest absolute Gasteiger partial charge is 0.336 e. The monoisotopic (exact) mass is 574 g/mol. The molecule has 0 bridgehead atoms. The highest BCUT2D eigenvalue weighted by Gasteiger charge is 2.36. The zero-order valence-electron chi connectivity index (χ0n) is 24.1. The summed E-state index contributed by atoms with van der Waals surface area (Å²) in [6.07, 6.45) is 1.87. The highest BCUT2D eigenvalue weighted by Crippen LogP contribution is 2.46. The number of nitrogens with one attached hydrogen (secondary N) is 2. The average Bonchev–Trinajstić information content (AvgIpc) is 2.83. The van der Waals surface area contributed by atoms with Crippen molar-refractivity contribution < 1.29 is 41.9 Å². The Bertz CT molecular complexity index is 1760. The summed E-state index contributed by atoms with van der Waals surface area (Å²) in [5.74, 6) is -0.477.